The number of nitrogens with one attached hydrogen (secondary N) is 2. The van der Waals surface area contributed by atoms with Gasteiger partial charge < -0.3 is 16.4 Å². The second kappa shape index (κ2) is 6.30. The summed E-state index contributed by atoms with van der Waals surface area (Å²) in [6.07, 6.45) is 0. The lowest BCUT2D eigenvalue weighted by Gasteiger charge is -2.06. The van der Waals surface area contributed by atoms with Crippen molar-refractivity contribution in [2.75, 3.05) is 13.1 Å². The molecular weight excluding hydrogens is 233 g/mol. The minimum Gasteiger partial charge on any atom is -0.352 e. The van der Waals surface area contributed by atoms with Crippen molar-refractivity contribution >= 4 is 17.6 Å². The van der Waals surface area contributed by atoms with Gasteiger partial charge in [-0.15, -0.1) is 0 Å². The van der Waals surface area contributed by atoms with E-state index >= 15 is 0 Å². The van der Waals surface area contributed by atoms with Crippen LogP contribution in [-0.2, 0) is 6.54 Å². The average Bonchev–Trinajstić information content (AvgIpc) is 2.23. The van der Waals surface area contributed by atoms with Crippen molar-refractivity contribution in [2.24, 2.45) is 5.73 Å². The van der Waals surface area contributed by atoms with Crippen molar-refractivity contribution in [1.29, 1.82) is 0 Å². The molecule has 2 amide bonds. The van der Waals surface area contributed by atoms with Gasteiger partial charge in [0.25, 0.3) is 0 Å². The first-order valence-electron chi connectivity index (χ1n) is 4.78. The number of carbonyl (C=O) groups excluding carboxylic acids is 1. The van der Waals surface area contributed by atoms with Gasteiger partial charge in [0.1, 0.15) is 5.82 Å². The van der Waals surface area contributed by atoms with Crippen LogP contribution in [0.4, 0.5) is 9.18 Å². The monoisotopic (exact) mass is 245 g/mol. The van der Waals surface area contributed by atoms with E-state index in [9.17, 15) is 9.18 Å². The maximum atomic E-state index is 13.4. The van der Waals surface area contributed by atoms with Crippen molar-refractivity contribution in [3.63, 3.8) is 0 Å². The predicted octanol–water partition coefficient (Wildman–Crippen LogP) is 1.24. The standard InChI is InChI=1S/C10H13ClFN3O/c11-8-3-1-2-7(9(8)12)6-14-4-5-15-10(13)16/h1-3,14H,4-6H2,(H3,13,15,16). The molecular formula is C10H13ClFN3O. The van der Waals surface area contributed by atoms with Crippen LogP contribution in [0.2, 0.25) is 5.02 Å². The van der Waals surface area contributed by atoms with Gasteiger partial charge in [-0.25, -0.2) is 9.18 Å². The van der Waals surface area contributed by atoms with Crippen LogP contribution in [0.5, 0.6) is 0 Å². The van der Waals surface area contributed by atoms with Gasteiger partial charge in [-0.05, 0) is 6.07 Å². The molecule has 0 heterocycles. The second-order valence-corrected chi connectivity index (χ2v) is 3.59. The van der Waals surface area contributed by atoms with Crippen LogP contribution < -0.4 is 16.4 Å². The Hall–Kier alpha value is -1.33. The Bertz CT molecular complexity index is 373. The number of hydrogen-bond donors (Lipinski definition) is 3. The highest BCUT2D eigenvalue weighted by Crippen LogP contribution is 2.17. The molecule has 0 spiro atoms. The maximum absolute atomic E-state index is 13.4. The van der Waals surface area contributed by atoms with Crippen molar-refractivity contribution < 1.29 is 9.18 Å². The normalized spacial score (nSPS) is 10.1. The lowest BCUT2D eigenvalue weighted by atomic mass is 10.2. The molecule has 0 bridgehead atoms. The molecule has 0 aliphatic heterocycles. The van der Waals surface area contributed by atoms with Crippen LogP contribution in [0.25, 0.3) is 0 Å². The highest BCUT2D eigenvalue weighted by atomic mass is 35.5. The van der Waals surface area contributed by atoms with Crippen LogP contribution in [0, 0.1) is 5.82 Å². The lowest BCUT2D eigenvalue weighted by molar-refractivity contribution is 0.249. The number of halogens is 2. The zero-order chi connectivity index (χ0) is 12.0. The topological polar surface area (TPSA) is 67.2 Å². The number of rotatable bonds is 5. The maximum Gasteiger partial charge on any atom is 0.312 e. The Kier molecular flexibility index (Phi) is 5.01. The number of nitrogens with two attached hydrogens (primary N) is 1. The fourth-order valence-corrected chi connectivity index (χ4v) is 1.38. The van der Waals surface area contributed by atoms with E-state index < -0.39 is 11.8 Å². The molecule has 88 valence electrons. The van der Waals surface area contributed by atoms with Gasteiger partial charge in [0.15, 0.2) is 0 Å². The Morgan fingerprint density at radius 2 is 2.19 bits per heavy atom. The number of carbonyl (C=O) groups is 1. The van der Waals surface area contributed by atoms with E-state index in [0.29, 0.717) is 25.2 Å². The van der Waals surface area contributed by atoms with Crippen molar-refractivity contribution in [2.45, 2.75) is 6.54 Å². The highest BCUT2D eigenvalue weighted by Gasteiger charge is 2.04. The zero-order valence-electron chi connectivity index (χ0n) is 8.59. The smallest absolute Gasteiger partial charge is 0.312 e. The summed E-state index contributed by atoms with van der Waals surface area (Å²) < 4.78 is 13.4. The molecule has 1 aromatic rings. The first kappa shape index (κ1) is 12.7. The van der Waals surface area contributed by atoms with Crippen molar-refractivity contribution in [3.05, 3.63) is 34.6 Å². The van der Waals surface area contributed by atoms with Gasteiger partial charge in [0.2, 0.25) is 0 Å². The quantitative estimate of drug-likeness (QED) is 0.684. The van der Waals surface area contributed by atoms with Gasteiger partial charge >= 0.3 is 6.03 Å². The van der Waals surface area contributed by atoms with Crippen molar-refractivity contribution in [1.82, 2.24) is 10.6 Å². The average molecular weight is 246 g/mol. The number of amides is 2. The second-order valence-electron chi connectivity index (χ2n) is 3.18. The summed E-state index contributed by atoms with van der Waals surface area (Å²) in [5.74, 6) is -0.417. The van der Waals surface area contributed by atoms with Crippen LogP contribution in [0.1, 0.15) is 5.56 Å². The zero-order valence-corrected chi connectivity index (χ0v) is 9.35. The van der Waals surface area contributed by atoms with Gasteiger partial charge in [0.05, 0.1) is 5.02 Å². The number of hydrogen-bond acceptors (Lipinski definition) is 2. The first-order valence-corrected chi connectivity index (χ1v) is 5.16. The molecule has 0 unspecified atom stereocenters. The van der Waals surface area contributed by atoms with Gasteiger partial charge in [-0.1, -0.05) is 23.7 Å². The highest BCUT2D eigenvalue weighted by molar-refractivity contribution is 6.30. The van der Waals surface area contributed by atoms with E-state index in [-0.39, 0.29) is 5.02 Å². The molecule has 0 atom stereocenters. The molecule has 0 radical (unpaired) electrons. The van der Waals surface area contributed by atoms with E-state index in [1.54, 1.807) is 12.1 Å². The molecule has 0 aromatic heterocycles. The van der Waals surface area contributed by atoms with Crippen LogP contribution in [-0.4, -0.2) is 19.1 Å². The van der Waals surface area contributed by atoms with E-state index in [2.05, 4.69) is 10.6 Å². The summed E-state index contributed by atoms with van der Waals surface area (Å²) in [4.78, 5) is 10.3. The number of urea groups is 1. The third-order valence-corrected chi connectivity index (χ3v) is 2.24. The minimum atomic E-state index is -0.573. The molecule has 1 aromatic carbocycles. The molecule has 0 saturated heterocycles. The Morgan fingerprint density at radius 3 is 2.88 bits per heavy atom. The molecule has 16 heavy (non-hydrogen) atoms. The predicted molar refractivity (Wildman–Crippen MR) is 60.7 cm³/mol. The fourth-order valence-electron chi connectivity index (χ4n) is 1.18. The Morgan fingerprint density at radius 1 is 1.44 bits per heavy atom. The fraction of sp³-hybridized carbons (Fsp3) is 0.300. The minimum absolute atomic E-state index is 0.106. The van der Waals surface area contributed by atoms with Crippen LogP contribution in [0.15, 0.2) is 18.2 Å². The van der Waals surface area contributed by atoms with Crippen LogP contribution in [0.3, 0.4) is 0 Å². The van der Waals surface area contributed by atoms with Gasteiger partial charge in [-0.2, -0.15) is 0 Å². The van der Waals surface area contributed by atoms with Gasteiger partial charge in [0, 0.05) is 25.2 Å². The van der Waals surface area contributed by atoms with E-state index in [1.165, 1.54) is 6.07 Å². The summed E-state index contributed by atoms with van der Waals surface area (Å²) in [6, 6.07) is 4.25. The van der Waals surface area contributed by atoms with E-state index in [1.807, 2.05) is 0 Å². The van der Waals surface area contributed by atoms with Crippen molar-refractivity contribution in [3.8, 4) is 0 Å². The Balaban J connectivity index is 2.32. The largest absolute Gasteiger partial charge is 0.352 e. The molecule has 1 rings (SSSR count). The van der Waals surface area contributed by atoms with Crippen LogP contribution >= 0.6 is 11.6 Å². The number of primary amides is 1. The van der Waals surface area contributed by atoms with Gasteiger partial charge in [-0.3, -0.25) is 0 Å². The summed E-state index contributed by atoms with van der Waals surface area (Å²) in [6.45, 7) is 1.26. The molecule has 4 N–H and O–H groups in total. The Labute approximate surface area is 98.0 Å². The molecule has 0 saturated carbocycles. The summed E-state index contributed by atoms with van der Waals surface area (Å²) in [5.41, 5.74) is 5.37. The lowest BCUT2D eigenvalue weighted by Crippen LogP contribution is -2.35. The third-order valence-electron chi connectivity index (χ3n) is 1.95. The summed E-state index contributed by atoms with van der Waals surface area (Å²) >= 11 is 5.62. The molecule has 6 heteroatoms. The molecule has 0 aliphatic carbocycles. The third kappa shape index (κ3) is 4.04. The molecule has 0 fully saturated rings. The van der Waals surface area contributed by atoms with E-state index in [4.69, 9.17) is 17.3 Å². The molecule has 4 nitrogen and oxygen atoms in total. The van der Waals surface area contributed by atoms with E-state index in [0.717, 1.165) is 0 Å². The first-order chi connectivity index (χ1) is 7.61. The SMILES string of the molecule is NC(=O)NCCNCc1cccc(Cl)c1F. The summed E-state index contributed by atoms with van der Waals surface area (Å²) in [7, 11) is 0. The summed E-state index contributed by atoms with van der Waals surface area (Å²) in [5, 5.41) is 5.48. The molecule has 0 aliphatic rings. The number of benzene rings is 1.